The van der Waals surface area contributed by atoms with Gasteiger partial charge >= 0.3 is 0 Å². The van der Waals surface area contributed by atoms with Crippen LogP contribution >= 0.6 is 11.6 Å². The number of rotatable bonds is 2. The maximum Gasteiger partial charge on any atom is 0.159 e. The lowest BCUT2D eigenvalue weighted by atomic mass is 9.81. The van der Waals surface area contributed by atoms with Crippen LogP contribution in [0.3, 0.4) is 0 Å². The minimum Gasteiger partial charge on any atom is -0.235 e. The molecule has 2 nitrogen and oxygen atoms in total. The second-order valence-electron chi connectivity index (χ2n) is 6.20. The van der Waals surface area contributed by atoms with Crippen molar-refractivity contribution in [3.8, 4) is 23.2 Å². The molecule has 0 radical (unpaired) electrons. The fourth-order valence-corrected chi connectivity index (χ4v) is 3.17. The first-order valence-corrected chi connectivity index (χ1v) is 8.72. The van der Waals surface area contributed by atoms with Gasteiger partial charge in [-0.25, -0.2) is 9.97 Å². The monoisotopic (exact) mass is 324 g/mol. The molecule has 0 atom stereocenters. The molecular weight excluding hydrogens is 304 g/mol. The van der Waals surface area contributed by atoms with E-state index in [4.69, 9.17) is 11.6 Å². The van der Waals surface area contributed by atoms with Crippen LogP contribution in [0.15, 0.2) is 36.7 Å². The van der Waals surface area contributed by atoms with E-state index >= 15 is 0 Å². The molecule has 3 rings (SSSR count). The van der Waals surface area contributed by atoms with Gasteiger partial charge in [-0.05, 0) is 55.9 Å². The molecule has 118 valence electrons. The Bertz CT molecular complexity index is 687. The molecule has 1 aliphatic carbocycles. The van der Waals surface area contributed by atoms with E-state index in [1.165, 1.54) is 32.1 Å². The molecule has 1 fully saturated rings. The molecule has 0 spiro atoms. The van der Waals surface area contributed by atoms with Crippen LogP contribution in [0.2, 0.25) is 5.02 Å². The van der Waals surface area contributed by atoms with Gasteiger partial charge in [0.2, 0.25) is 0 Å². The molecule has 2 aromatic rings. The zero-order valence-corrected chi connectivity index (χ0v) is 14.2. The number of aromatic nitrogens is 2. The normalized spacial score (nSPS) is 20.6. The molecule has 1 aromatic heterocycles. The van der Waals surface area contributed by atoms with Crippen LogP contribution in [-0.2, 0) is 0 Å². The lowest BCUT2D eigenvalue weighted by Gasteiger charge is -2.24. The Morgan fingerprint density at radius 1 is 1.04 bits per heavy atom. The first-order chi connectivity index (χ1) is 11.2. The maximum absolute atomic E-state index is 5.90. The van der Waals surface area contributed by atoms with Gasteiger partial charge in [0.1, 0.15) is 0 Å². The third-order valence-corrected chi connectivity index (χ3v) is 4.85. The highest BCUT2D eigenvalue weighted by atomic mass is 35.5. The third-order valence-electron chi connectivity index (χ3n) is 4.60. The summed E-state index contributed by atoms with van der Waals surface area (Å²) in [5, 5.41) is 0.717. The summed E-state index contributed by atoms with van der Waals surface area (Å²) in [5.41, 5.74) is 1.85. The standard InChI is InChI=1S/C20H21ClN2/c1-2-15-3-5-16(6-4-15)7-8-17-13-22-20(23-14-17)18-9-11-19(21)12-10-18/h9-16H,2-6H2,1H3/t15-,16-. The van der Waals surface area contributed by atoms with Crippen LogP contribution in [-0.4, -0.2) is 9.97 Å². The van der Waals surface area contributed by atoms with Gasteiger partial charge in [0.25, 0.3) is 0 Å². The zero-order chi connectivity index (χ0) is 16.1. The van der Waals surface area contributed by atoms with Crippen LogP contribution < -0.4 is 0 Å². The molecule has 3 heteroatoms. The van der Waals surface area contributed by atoms with E-state index in [0.717, 1.165) is 17.0 Å². The summed E-state index contributed by atoms with van der Waals surface area (Å²) in [5.74, 6) is 8.79. The zero-order valence-electron chi connectivity index (χ0n) is 13.4. The van der Waals surface area contributed by atoms with Crippen molar-refractivity contribution in [2.75, 3.05) is 0 Å². The Morgan fingerprint density at radius 3 is 2.30 bits per heavy atom. The van der Waals surface area contributed by atoms with Crippen molar-refractivity contribution in [1.29, 1.82) is 0 Å². The van der Waals surface area contributed by atoms with Crippen molar-refractivity contribution in [1.82, 2.24) is 9.97 Å². The first-order valence-electron chi connectivity index (χ1n) is 8.34. The average Bonchev–Trinajstić information content (AvgIpc) is 2.61. The minimum absolute atomic E-state index is 0.536. The van der Waals surface area contributed by atoms with E-state index in [0.29, 0.717) is 16.8 Å². The number of hydrogen-bond acceptors (Lipinski definition) is 2. The summed E-state index contributed by atoms with van der Waals surface area (Å²) in [4.78, 5) is 8.82. The summed E-state index contributed by atoms with van der Waals surface area (Å²) in [6.07, 6.45) is 10.0. The summed E-state index contributed by atoms with van der Waals surface area (Å²) >= 11 is 5.90. The Hall–Kier alpha value is -1.85. The predicted octanol–water partition coefficient (Wildman–Crippen LogP) is 5.36. The van der Waals surface area contributed by atoms with Crippen LogP contribution in [0, 0.1) is 23.7 Å². The van der Waals surface area contributed by atoms with Crippen molar-refractivity contribution >= 4 is 11.6 Å². The van der Waals surface area contributed by atoms with E-state index in [1.807, 2.05) is 36.7 Å². The molecule has 1 aliphatic rings. The van der Waals surface area contributed by atoms with Crippen LogP contribution in [0.5, 0.6) is 0 Å². The van der Waals surface area contributed by atoms with Gasteiger partial charge in [0.15, 0.2) is 5.82 Å². The predicted molar refractivity (Wildman–Crippen MR) is 95.1 cm³/mol. The second kappa shape index (κ2) is 7.62. The molecule has 0 amide bonds. The Kier molecular flexibility index (Phi) is 5.31. The SMILES string of the molecule is CC[C@H]1CC[C@H](C#Cc2cnc(-c3ccc(Cl)cc3)nc2)CC1. The van der Waals surface area contributed by atoms with Crippen LogP contribution in [0.4, 0.5) is 0 Å². The smallest absolute Gasteiger partial charge is 0.159 e. The number of nitrogens with zero attached hydrogens (tertiary/aromatic N) is 2. The molecular formula is C20H21ClN2. The van der Waals surface area contributed by atoms with Crippen molar-refractivity contribution in [2.45, 2.75) is 39.0 Å². The Balaban J connectivity index is 1.64. The molecule has 0 N–H and O–H groups in total. The van der Waals surface area contributed by atoms with E-state index in [1.54, 1.807) is 0 Å². The summed E-state index contributed by atoms with van der Waals surface area (Å²) in [6.45, 7) is 2.29. The van der Waals surface area contributed by atoms with E-state index < -0.39 is 0 Å². The van der Waals surface area contributed by atoms with Crippen LogP contribution in [0.1, 0.15) is 44.6 Å². The number of benzene rings is 1. The maximum atomic E-state index is 5.90. The molecule has 1 saturated carbocycles. The highest BCUT2D eigenvalue weighted by molar-refractivity contribution is 6.30. The van der Waals surface area contributed by atoms with Crippen molar-refractivity contribution in [3.63, 3.8) is 0 Å². The molecule has 0 saturated heterocycles. The van der Waals surface area contributed by atoms with Gasteiger partial charge in [-0.1, -0.05) is 36.8 Å². The molecule has 0 unspecified atom stereocenters. The van der Waals surface area contributed by atoms with Crippen LogP contribution in [0.25, 0.3) is 11.4 Å². The van der Waals surface area contributed by atoms with Gasteiger partial charge < -0.3 is 0 Å². The lowest BCUT2D eigenvalue weighted by Crippen LogP contribution is -2.12. The topological polar surface area (TPSA) is 25.8 Å². The fourth-order valence-electron chi connectivity index (χ4n) is 3.04. The highest BCUT2D eigenvalue weighted by Crippen LogP contribution is 2.30. The Labute approximate surface area is 143 Å². The van der Waals surface area contributed by atoms with Gasteiger partial charge in [-0.2, -0.15) is 0 Å². The van der Waals surface area contributed by atoms with Crippen molar-refractivity contribution in [2.24, 2.45) is 11.8 Å². The number of hydrogen-bond donors (Lipinski definition) is 0. The largest absolute Gasteiger partial charge is 0.235 e. The lowest BCUT2D eigenvalue weighted by molar-refractivity contribution is 0.309. The minimum atomic E-state index is 0.536. The summed E-state index contributed by atoms with van der Waals surface area (Å²) in [7, 11) is 0. The fraction of sp³-hybridized carbons (Fsp3) is 0.400. The number of halogens is 1. The Morgan fingerprint density at radius 2 is 1.70 bits per heavy atom. The summed E-state index contributed by atoms with van der Waals surface area (Å²) in [6, 6.07) is 7.55. The quantitative estimate of drug-likeness (QED) is 0.694. The van der Waals surface area contributed by atoms with E-state index in [2.05, 4.69) is 28.7 Å². The average molecular weight is 325 g/mol. The summed E-state index contributed by atoms with van der Waals surface area (Å²) < 4.78 is 0. The van der Waals surface area contributed by atoms with Crippen molar-refractivity contribution in [3.05, 3.63) is 47.2 Å². The van der Waals surface area contributed by atoms with E-state index in [-0.39, 0.29) is 0 Å². The first kappa shape index (κ1) is 16.0. The molecule has 23 heavy (non-hydrogen) atoms. The van der Waals surface area contributed by atoms with Gasteiger partial charge in [0, 0.05) is 28.9 Å². The van der Waals surface area contributed by atoms with Gasteiger partial charge in [-0.15, -0.1) is 0 Å². The van der Waals surface area contributed by atoms with E-state index in [9.17, 15) is 0 Å². The van der Waals surface area contributed by atoms with Crippen molar-refractivity contribution < 1.29 is 0 Å². The van der Waals surface area contributed by atoms with Gasteiger partial charge in [0.05, 0.1) is 5.56 Å². The highest BCUT2D eigenvalue weighted by Gasteiger charge is 2.18. The molecule has 0 bridgehead atoms. The molecule has 0 aliphatic heterocycles. The third kappa shape index (κ3) is 4.33. The second-order valence-corrected chi connectivity index (χ2v) is 6.63. The molecule has 1 aromatic carbocycles. The molecule has 1 heterocycles. The van der Waals surface area contributed by atoms with Gasteiger partial charge in [-0.3, -0.25) is 0 Å².